The highest BCUT2D eigenvalue weighted by Crippen LogP contribution is 2.28. The summed E-state index contributed by atoms with van der Waals surface area (Å²) in [6.07, 6.45) is 0. The fourth-order valence-corrected chi connectivity index (χ4v) is 2.60. The van der Waals surface area contributed by atoms with Crippen LogP contribution in [0, 0.1) is 11.6 Å². The van der Waals surface area contributed by atoms with Crippen LogP contribution in [0.4, 0.5) is 14.5 Å². The first-order valence-electron chi connectivity index (χ1n) is 8.73. The van der Waals surface area contributed by atoms with Crippen LogP contribution in [0.15, 0.2) is 36.4 Å². The number of halogens is 2. The summed E-state index contributed by atoms with van der Waals surface area (Å²) in [5, 5.41) is 2.58. The lowest BCUT2D eigenvalue weighted by molar-refractivity contribution is -0.117. The Kier molecular flexibility index (Phi) is 7.55. The third kappa shape index (κ3) is 5.92. The quantitative estimate of drug-likeness (QED) is 0.721. The molecule has 1 amide bonds. The van der Waals surface area contributed by atoms with Gasteiger partial charge in [-0.25, -0.2) is 8.78 Å². The van der Waals surface area contributed by atoms with Crippen molar-refractivity contribution in [2.75, 3.05) is 32.1 Å². The molecular weight excluding hydrogens is 354 g/mol. The molecule has 2 rings (SSSR count). The zero-order valence-corrected chi connectivity index (χ0v) is 15.7. The second-order valence-corrected chi connectivity index (χ2v) is 5.90. The molecule has 0 bridgehead atoms. The first kappa shape index (κ1) is 20.6. The Labute approximate surface area is 157 Å². The Bertz CT molecular complexity index is 784. The predicted molar refractivity (Wildman–Crippen MR) is 100 cm³/mol. The van der Waals surface area contributed by atoms with Gasteiger partial charge in [-0.3, -0.25) is 9.69 Å². The van der Waals surface area contributed by atoms with Crippen molar-refractivity contribution in [1.82, 2.24) is 4.90 Å². The smallest absolute Gasteiger partial charge is 0.238 e. The Hall–Kier alpha value is -2.67. The van der Waals surface area contributed by atoms with Crippen LogP contribution >= 0.6 is 0 Å². The topological polar surface area (TPSA) is 50.8 Å². The van der Waals surface area contributed by atoms with Gasteiger partial charge in [-0.2, -0.15) is 0 Å². The van der Waals surface area contributed by atoms with Gasteiger partial charge in [0.2, 0.25) is 5.91 Å². The van der Waals surface area contributed by atoms with Gasteiger partial charge in [0.25, 0.3) is 0 Å². The van der Waals surface area contributed by atoms with Crippen molar-refractivity contribution < 1.29 is 23.0 Å². The highest BCUT2D eigenvalue weighted by atomic mass is 19.2. The second-order valence-electron chi connectivity index (χ2n) is 5.90. The number of likely N-dealkylation sites (N-methyl/N-ethyl adjacent to an activating group) is 1. The SMILES string of the molecule is CCOc1ccc(CN(CC)CC(=O)Nc2ccc(F)c(F)c2)cc1OC. The van der Waals surface area contributed by atoms with E-state index in [2.05, 4.69) is 5.32 Å². The van der Waals surface area contributed by atoms with E-state index in [9.17, 15) is 13.6 Å². The molecule has 0 aliphatic heterocycles. The zero-order valence-electron chi connectivity index (χ0n) is 15.7. The fourth-order valence-electron chi connectivity index (χ4n) is 2.60. The van der Waals surface area contributed by atoms with Crippen molar-refractivity contribution in [3.05, 3.63) is 53.6 Å². The molecule has 2 aromatic rings. The summed E-state index contributed by atoms with van der Waals surface area (Å²) in [5.41, 5.74) is 1.19. The minimum atomic E-state index is -0.998. The average Bonchev–Trinajstić information content (AvgIpc) is 2.65. The van der Waals surface area contributed by atoms with Crippen LogP contribution in [0.2, 0.25) is 0 Å². The standard InChI is InChI=1S/C20H24F2N2O3/c1-4-24(12-14-6-9-18(27-5-2)19(10-14)26-3)13-20(25)23-15-7-8-16(21)17(22)11-15/h6-11H,4-5,12-13H2,1-3H3,(H,23,25). The van der Waals surface area contributed by atoms with Gasteiger partial charge in [0.05, 0.1) is 20.3 Å². The lowest BCUT2D eigenvalue weighted by atomic mass is 10.2. The van der Waals surface area contributed by atoms with Gasteiger partial charge in [-0.1, -0.05) is 13.0 Å². The molecule has 0 aromatic heterocycles. The molecule has 0 aliphatic rings. The number of hydrogen-bond donors (Lipinski definition) is 1. The number of ether oxygens (including phenoxy) is 2. The molecule has 5 nitrogen and oxygen atoms in total. The molecule has 146 valence electrons. The maximum atomic E-state index is 13.2. The Balaban J connectivity index is 2.00. The maximum absolute atomic E-state index is 13.2. The summed E-state index contributed by atoms with van der Waals surface area (Å²) < 4.78 is 37.1. The van der Waals surface area contributed by atoms with E-state index in [-0.39, 0.29) is 18.1 Å². The Morgan fingerprint density at radius 3 is 2.48 bits per heavy atom. The molecule has 0 radical (unpaired) electrons. The van der Waals surface area contributed by atoms with Crippen LogP contribution in [0.5, 0.6) is 11.5 Å². The molecular formula is C20H24F2N2O3. The van der Waals surface area contributed by atoms with Crippen molar-refractivity contribution in [2.24, 2.45) is 0 Å². The molecule has 0 aliphatic carbocycles. The summed E-state index contributed by atoms with van der Waals surface area (Å²) in [5.74, 6) is -0.949. The number of anilines is 1. The minimum absolute atomic E-state index is 0.116. The van der Waals surface area contributed by atoms with Gasteiger partial charge in [-0.15, -0.1) is 0 Å². The van der Waals surface area contributed by atoms with Crippen molar-refractivity contribution in [1.29, 1.82) is 0 Å². The van der Waals surface area contributed by atoms with E-state index < -0.39 is 11.6 Å². The maximum Gasteiger partial charge on any atom is 0.238 e. The molecule has 0 unspecified atom stereocenters. The number of carbonyl (C=O) groups excluding carboxylic acids is 1. The summed E-state index contributed by atoms with van der Waals surface area (Å²) in [6, 6.07) is 8.90. The third-order valence-electron chi connectivity index (χ3n) is 3.95. The zero-order chi connectivity index (χ0) is 19.8. The molecule has 7 heteroatoms. The normalized spacial score (nSPS) is 10.7. The van der Waals surface area contributed by atoms with Gasteiger partial charge < -0.3 is 14.8 Å². The van der Waals surface area contributed by atoms with Crippen LogP contribution < -0.4 is 14.8 Å². The second kappa shape index (κ2) is 9.87. The van der Waals surface area contributed by atoms with Crippen LogP contribution in [0.25, 0.3) is 0 Å². The summed E-state index contributed by atoms with van der Waals surface area (Å²) in [4.78, 5) is 14.1. The van der Waals surface area contributed by atoms with Crippen LogP contribution in [-0.4, -0.2) is 37.6 Å². The molecule has 0 saturated heterocycles. The van der Waals surface area contributed by atoms with E-state index in [1.165, 1.54) is 6.07 Å². The summed E-state index contributed by atoms with van der Waals surface area (Å²) >= 11 is 0. The van der Waals surface area contributed by atoms with E-state index in [0.29, 0.717) is 31.2 Å². The van der Waals surface area contributed by atoms with Crippen LogP contribution in [-0.2, 0) is 11.3 Å². The van der Waals surface area contributed by atoms with Crippen LogP contribution in [0.1, 0.15) is 19.4 Å². The molecule has 1 N–H and O–H groups in total. The number of amides is 1. The third-order valence-corrected chi connectivity index (χ3v) is 3.95. The fraction of sp³-hybridized carbons (Fsp3) is 0.350. The minimum Gasteiger partial charge on any atom is -0.493 e. The number of benzene rings is 2. The molecule has 27 heavy (non-hydrogen) atoms. The van der Waals surface area contributed by atoms with Gasteiger partial charge >= 0.3 is 0 Å². The Morgan fingerprint density at radius 1 is 1.07 bits per heavy atom. The number of nitrogens with zero attached hydrogens (tertiary/aromatic N) is 1. The van der Waals surface area contributed by atoms with E-state index in [1.54, 1.807) is 7.11 Å². The summed E-state index contributed by atoms with van der Waals surface area (Å²) in [7, 11) is 1.58. The molecule has 2 aromatic carbocycles. The molecule has 0 spiro atoms. The molecule has 0 fully saturated rings. The van der Waals surface area contributed by atoms with E-state index in [0.717, 1.165) is 17.7 Å². The predicted octanol–water partition coefficient (Wildman–Crippen LogP) is 3.83. The van der Waals surface area contributed by atoms with Crippen molar-refractivity contribution >= 4 is 11.6 Å². The van der Waals surface area contributed by atoms with E-state index in [1.807, 2.05) is 36.9 Å². The van der Waals surface area contributed by atoms with Gasteiger partial charge in [-0.05, 0) is 43.3 Å². The average molecular weight is 378 g/mol. The van der Waals surface area contributed by atoms with Gasteiger partial charge in [0.1, 0.15) is 0 Å². The van der Waals surface area contributed by atoms with Gasteiger partial charge in [0.15, 0.2) is 23.1 Å². The van der Waals surface area contributed by atoms with Crippen molar-refractivity contribution in [2.45, 2.75) is 20.4 Å². The first-order chi connectivity index (χ1) is 13.0. The number of methoxy groups -OCH3 is 1. The number of carbonyl (C=O) groups is 1. The molecule has 0 heterocycles. The molecule has 0 saturated carbocycles. The summed E-state index contributed by atoms with van der Waals surface area (Å²) in [6.45, 7) is 5.67. The van der Waals surface area contributed by atoms with Crippen LogP contribution in [0.3, 0.4) is 0 Å². The van der Waals surface area contributed by atoms with Gasteiger partial charge in [0, 0.05) is 18.3 Å². The van der Waals surface area contributed by atoms with Crippen molar-refractivity contribution in [3.63, 3.8) is 0 Å². The highest BCUT2D eigenvalue weighted by Gasteiger charge is 2.13. The van der Waals surface area contributed by atoms with E-state index in [4.69, 9.17) is 9.47 Å². The highest BCUT2D eigenvalue weighted by molar-refractivity contribution is 5.92. The van der Waals surface area contributed by atoms with E-state index >= 15 is 0 Å². The largest absolute Gasteiger partial charge is 0.493 e. The first-order valence-corrected chi connectivity index (χ1v) is 8.73. The lowest BCUT2D eigenvalue weighted by Crippen LogP contribution is -2.32. The Morgan fingerprint density at radius 2 is 1.85 bits per heavy atom. The number of rotatable bonds is 9. The number of hydrogen-bond acceptors (Lipinski definition) is 4. The molecule has 0 atom stereocenters. The lowest BCUT2D eigenvalue weighted by Gasteiger charge is -2.21. The number of nitrogens with one attached hydrogen (secondary N) is 1. The monoisotopic (exact) mass is 378 g/mol. The van der Waals surface area contributed by atoms with Crippen molar-refractivity contribution in [3.8, 4) is 11.5 Å².